The molecule has 114 valence electrons. The fraction of sp³-hybridized carbons (Fsp3) is 0.667. The summed E-state index contributed by atoms with van der Waals surface area (Å²) in [6.07, 6.45) is 0. The van der Waals surface area contributed by atoms with Gasteiger partial charge in [-0.2, -0.15) is 0 Å². The third kappa shape index (κ3) is 3.62. The molecule has 0 spiro atoms. The first-order valence-electron chi connectivity index (χ1n) is 7.59. The van der Waals surface area contributed by atoms with Crippen LogP contribution in [0.5, 0.6) is 0 Å². The van der Waals surface area contributed by atoms with Gasteiger partial charge < -0.3 is 5.73 Å². The average Bonchev–Trinajstić information content (AvgIpc) is 2.30. The molecule has 1 aromatic rings. The predicted octanol–water partition coefficient (Wildman–Crippen LogP) is 3.98. The van der Waals surface area contributed by atoms with E-state index in [1.54, 1.807) is 0 Å². The van der Waals surface area contributed by atoms with E-state index in [9.17, 15) is 0 Å². The van der Waals surface area contributed by atoms with E-state index in [0.29, 0.717) is 12.6 Å². The molecule has 0 aliphatic rings. The molecule has 0 amide bonds. The van der Waals surface area contributed by atoms with Crippen molar-refractivity contribution in [1.29, 1.82) is 0 Å². The summed E-state index contributed by atoms with van der Waals surface area (Å²) in [5.41, 5.74) is 11.8. The molecule has 2 atom stereocenters. The number of rotatable bonds is 4. The van der Waals surface area contributed by atoms with Gasteiger partial charge in [0.1, 0.15) is 0 Å². The van der Waals surface area contributed by atoms with Crippen molar-refractivity contribution < 1.29 is 0 Å². The molecule has 0 fully saturated rings. The lowest BCUT2D eigenvalue weighted by Crippen LogP contribution is -2.44. The summed E-state index contributed by atoms with van der Waals surface area (Å²) in [6, 6.07) is 5.28. The van der Waals surface area contributed by atoms with Gasteiger partial charge in [0.2, 0.25) is 0 Å². The monoisotopic (exact) mass is 276 g/mol. The van der Waals surface area contributed by atoms with Crippen LogP contribution in [0.25, 0.3) is 0 Å². The smallest absolute Gasteiger partial charge is 0.0475 e. The fourth-order valence-electron chi connectivity index (χ4n) is 3.09. The number of nitrogens with zero attached hydrogens (tertiary/aromatic N) is 1. The van der Waals surface area contributed by atoms with Crippen LogP contribution >= 0.6 is 0 Å². The van der Waals surface area contributed by atoms with Crippen molar-refractivity contribution in [2.45, 2.75) is 60.5 Å². The summed E-state index contributed by atoms with van der Waals surface area (Å²) in [6.45, 7) is 16.4. The molecule has 0 aliphatic heterocycles. The summed E-state index contributed by atoms with van der Waals surface area (Å²) in [7, 11) is 2.20. The number of nitrogens with two attached hydrogens (primary N) is 1. The molecule has 2 nitrogen and oxygen atoms in total. The van der Waals surface area contributed by atoms with Gasteiger partial charge in [0.05, 0.1) is 0 Å². The molecule has 1 aromatic carbocycles. The summed E-state index contributed by atoms with van der Waals surface area (Å²) in [5.74, 6) is 0. The molecule has 2 heteroatoms. The van der Waals surface area contributed by atoms with Crippen LogP contribution in [-0.2, 0) is 0 Å². The van der Waals surface area contributed by atoms with Gasteiger partial charge in [0, 0.05) is 18.6 Å². The van der Waals surface area contributed by atoms with E-state index < -0.39 is 0 Å². The topological polar surface area (TPSA) is 29.3 Å². The summed E-state index contributed by atoms with van der Waals surface area (Å²) in [4.78, 5) is 2.44. The Hall–Kier alpha value is -0.860. The van der Waals surface area contributed by atoms with Crippen LogP contribution in [0.3, 0.4) is 0 Å². The Kier molecular flexibility index (Phi) is 5.39. The molecule has 1 rings (SSSR count). The molecule has 2 unspecified atom stereocenters. The third-order valence-corrected chi connectivity index (χ3v) is 4.65. The van der Waals surface area contributed by atoms with Crippen molar-refractivity contribution in [3.05, 3.63) is 34.4 Å². The van der Waals surface area contributed by atoms with Gasteiger partial charge in [0.25, 0.3) is 0 Å². The van der Waals surface area contributed by atoms with Gasteiger partial charge in [0.15, 0.2) is 0 Å². The Bertz CT molecular complexity index is 434. The largest absolute Gasteiger partial charge is 0.329 e. The molecule has 0 aliphatic carbocycles. The summed E-state index contributed by atoms with van der Waals surface area (Å²) in [5, 5.41) is 0. The first kappa shape index (κ1) is 17.2. The Morgan fingerprint density at radius 2 is 1.55 bits per heavy atom. The van der Waals surface area contributed by atoms with Gasteiger partial charge in [-0.05, 0) is 56.8 Å². The van der Waals surface area contributed by atoms with Crippen LogP contribution in [0, 0.1) is 26.2 Å². The number of hydrogen-bond acceptors (Lipinski definition) is 2. The van der Waals surface area contributed by atoms with Crippen molar-refractivity contribution in [1.82, 2.24) is 4.90 Å². The Labute approximate surface area is 125 Å². The van der Waals surface area contributed by atoms with E-state index in [4.69, 9.17) is 5.73 Å². The minimum absolute atomic E-state index is 0.245. The van der Waals surface area contributed by atoms with Crippen LogP contribution in [0.15, 0.2) is 12.1 Å². The van der Waals surface area contributed by atoms with E-state index in [-0.39, 0.29) is 11.5 Å². The van der Waals surface area contributed by atoms with Gasteiger partial charge in [-0.3, -0.25) is 4.90 Å². The quantitative estimate of drug-likeness (QED) is 0.901. The lowest BCUT2D eigenvalue weighted by atomic mass is 9.84. The van der Waals surface area contributed by atoms with Crippen LogP contribution in [0.2, 0.25) is 0 Å². The molecular formula is C18H32N2. The zero-order valence-electron chi connectivity index (χ0n) is 14.5. The lowest BCUT2D eigenvalue weighted by molar-refractivity contribution is 0.0995. The lowest BCUT2D eigenvalue weighted by Gasteiger charge is -2.41. The molecule has 2 N–H and O–H groups in total. The second kappa shape index (κ2) is 6.28. The standard InChI is InChI=1S/C18H32N2/c1-12-9-13(2)17(14(3)10-12)16(11-19)20(8)15(4)18(5,6)7/h9-10,15-16H,11,19H2,1-8H3. The second-order valence-electron chi connectivity index (χ2n) is 7.27. The fourth-order valence-corrected chi connectivity index (χ4v) is 3.09. The van der Waals surface area contributed by atoms with Gasteiger partial charge in [-0.25, -0.2) is 0 Å². The van der Waals surface area contributed by atoms with Gasteiger partial charge >= 0.3 is 0 Å². The van der Waals surface area contributed by atoms with E-state index >= 15 is 0 Å². The van der Waals surface area contributed by atoms with Crippen molar-refractivity contribution in [2.24, 2.45) is 11.1 Å². The highest BCUT2D eigenvalue weighted by Crippen LogP contribution is 2.32. The van der Waals surface area contributed by atoms with Gasteiger partial charge in [-0.15, -0.1) is 0 Å². The van der Waals surface area contributed by atoms with Crippen LogP contribution < -0.4 is 5.73 Å². The number of aryl methyl sites for hydroxylation is 3. The predicted molar refractivity (Wildman–Crippen MR) is 89.1 cm³/mol. The zero-order chi connectivity index (χ0) is 15.7. The second-order valence-corrected chi connectivity index (χ2v) is 7.27. The molecule has 0 aromatic heterocycles. The van der Waals surface area contributed by atoms with Crippen molar-refractivity contribution in [2.75, 3.05) is 13.6 Å². The number of likely N-dealkylation sites (N-methyl/N-ethyl adjacent to an activating group) is 1. The van der Waals surface area contributed by atoms with Crippen molar-refractivity contribution in [3.63, 3.8) is 0 Å². The first-order valence-corrected chi connectivity index (χ1v) is 7.59. The maximum atomic E-state index is 6.12. The average molecular weight is 276 g/mol. The molecular weight excluding hydrogens is 244 g/mol. The van der Waals surface area contributed by atoms with E-state index in [1.807, 2.05) is 0 Å². The molecule has 0 saturated heterocycles. The molecule has 0 bridgehead atoms. The van der Waals surface area contributed by atoms with Crippen LogP contribution in [-0.4, -0.2) is 24.5 Å². The maximum Gasteiger partial charge on any atom is 0.0475 e. The van der Waals surface area contributed by atoms with E-state index in [1.165, 1.54) is 22.3 Å². The zero-order valence-corrected chi connectivity index (χ0v) is 14.5. The highest BCUT2D eigenvalue weighted by atomic mass is 15.2. The highest BCUT2D eigenvalue weighted by molar-refractivity contribution is 5.40. The van der Waals surface area contributed by atoms with E-state index in [0.717, 1.165) is 0 Å². The Morgan fingerprint density at radius 1 is 1.10 bits per heavy atom. The third-order valence-electron chi connectivity index (χ3n) is 4.65. The van der Waals surface area contributed by atoms with Gasteiger partial charge in [-0.1, -0.05) is 38.5 Å². The van der Waals surface area contributed by atoms with Crippen LogP contribution in [0.1, 0.15) is 56.0 Å². The molecule has 0 heterocycles. The molecule has 0 saturated carbocycles. The van der Waals surface area contributed by atoms with Crippen molar-refractivity contribution in [3.8, 4) is 0 Å². The minimum atomic E-state index is 0.245. The molecule has 0 radical (unpaired) electrons. The number of hydrogen-bond donors (Lipinski definition) is 1. The number of benzene rings is 1. The summed E-state index contributed by atoms with van der Waals surface area (Å²) < 4.78 is 0. The van der Waals surface area contributed by atoms with Crippen molar-refractivity contribution >= 4 is 0 Å². The normalized spacial score (nSPS) is 15.5. The highest BCUT2D eigenvalue weighted by Gasteiger charge is 2.30. The Morgan fingerprint density at radius 3 is 1.90 bits per heavy atom. The SMILES string of the molecule is Cc1cc(C)c(C(CN)N(C)C(C)C(C)(C)C)c(C)c1. The minimum Gasteiger partial charge on any atom is -0.329 e. The van der Waals surface area contributed by atoms with Crippen LogP contribution in [0.4, 0.5) is 0 Å². The maximum absolute atomic E-state index is 6.12. The first-order chi connectivity index (χ1) is 9.09. The Balaban J connectivity index is 3.21. The summed E-state index contributed by atoms with van der Waals surface area (Å²) >= 11 is 0. The molecule has 20 heavy (non-hydrogen) atoms. The van der Waals surface area contributed by atoms with E-state index in [2.05, 4.69) is 72.5 Å².